The fourth-order valence-electron chi connectivity index (χ4n) is 3.61. The minimum atomic E-state index is -1.28. The van der Waals surface area contributed by atoms with Crippen LogP contribution in [0.25, 0.3) is 0 Å². The Kier molecular flexibility index (Phi) is 11.8. The molecule has 3 amide bonds. The van der Waals surface area contributed by atoms with E-state index in [4.69, 9.17) is 9.47 Å². The Bertz CT molecular complexity index is 725. The molecule has 33 heavy (non-hydrogen) atoms. The van der Waals surface area contributed by atoms with Crippen LogP contribution in [0.5, 0.6) is 0 Å². The molecule has 10 heteroatoms. The molecular formula is C23H36N2O8. The standard InChI is InChI=1S/C23H36N2O8/c1-5-8-9-10-11-12-23(4)21(30)24(13-17(26)15-32-19(28)6-2)22(31)25(23)14-18(27)16-33-20(29)7-3/h6-7,17-18,26-27H,2-3,5,8-16H2,1,4H3. The molecule has 0 radical (unpaired) electrons. The van der Waals surface area contributed by atoms with Crippen LogP contribution >= 0.6 is 0 Å². The average molecular weight is 469 g/mol. The number of urea groups is 1. The predicted octanol–water partition coefficient (Wildman–Crippen LogP) is 1.55. The maximum atomic E-state index is 13.2. The summed E-state index contributed by atoms with van der Waals surface area (Å²) in [5.74, 6) is -1.95. The fraction of sp³-hybridized carbons (Fsp3) is 0.652. The summed E-state index contributed by atoms with van der Waals surface area (Å²) in [6.07, 6.45) is 4.50. The van der Waals surface area contributed by atoms with E-state index in [-0.39, 0.29) is 19.7 Å². The van der Waals surface area contributed by atoms with Crippen molar-refractivity contribution in [2.45, 2.75) is 70.1 Å². The summed E-state index contributed by atoms with van der Waals surface area (Å²) >= 11 is 0. The maximum Gasteiger partial charge on any atom is 0.330 e. The number of carbonyl (C=O) groups is 4. The van der Waals surface area contributed by atoms with E-state index in [1.54, 1.807) is 6.92 Å². The second kappa shape index (κ2) is 13.7. The molecule has 1 aliphatic rings. The number of unbranched alkanes of at least 4 members (excludes halogenated alkanes) is 4. The van der Waals surface area contributed by atoms with Gasteiger partial charge in [0, 0.05) is 12.2 Å². The molecule has 0 saturated carbocycles. The Morgan fingerprint density at radius 2 is 1.48 bits per heavy atom. The molecule has 0 aliphatic carbocycles. The molecular weight excluding hydrogens is 432 g/mol. The number of β-amino-alcohol motifs (C(OH)–C–C–N with tert-alkyl or cyclic N) is 2. The van der Waals surface area contributed by atoms with Gasteiger partial charge in [0.1, 0.15) is 31.0 Å². The number of aliphatic hydroxyl groups is 2. The van der Waals surface area contributed by atoms with E-state index in [9.17, 15) is 29.4 Å². The normalized spacial score (nSPS) is 19.9. The molecule has 1 fully saturated rings. The van der Waals surface area contributed by atoms with E-state index >= 15 is 0 Å². The summed E-state index contributed by atoms with van der Waals surface area (Å²) in [5.41, 5.74) is -1.23. The largest absolute Gasteiger partial charge is 0.460 e. The van der Waals surface area contributed by atoms with Gasteiger partial charge in [0.15, 0.2) is 0 Å². The highest BCUT2D eigenvalue weighted by molar-refractivity contribution is 6.06. The lowest BCUT2D eigenvalue weighted by Gasteiger charge is -2.33. The lowest BCUT2D eigenvalue weighted by atomic mass is 9.92. The van der Waals surface area contributed by atoms with Crippen LogP contribution in [-0.2, 0) is 23.9 Å². The minimum Gasteiger partial charge on any atom is -0.460 e. The number of imide groups is 1. The van der Waals surface area contributed by atoms with E-state index in [0.717, 1.165) is 42.7 Å². The molecule has 0 aromatic carbocycles. The summed E-state index contributed by atoms with van der Waals surface area (Å²) in [7, 11) is 0. The number of hydrogen-bond donors (Lipinski definition) is 2. The Hall–Kier alpha value is -2.72. The molecule has 2 N–H and O–H groups in total. The van der Waals surface area contributed by atoms with Crippen molar-refractivity contribution in [2.24, 2.45) is 0 Å². The van der Waals surface area contributed by atoms with Crippen LogP contribution in [0.4, 0.5) is 4.79 Å². The minimum absolute atomic E-state index is 0.238. The lowest BCUT2D eigenvalue weighted by Crippen LogP contribution is -2.50. The quantitative estimate of drug-likeness (QED) is 0.151. The van der Waals surface area contributed by atoms with Gasteiger partial charge in [-0.15, -0.1) is 0 Å². The fourth-order valence-corrected chi connectivity index (χ4v) is 3.61. The number of esters is 2. The molecule has 1 aliphatic heterocycles. The van der Waals surface area contributed by atoms with E-state index in [2.05, 4.69) is 20.1 Å². The van der Waals surface area contributed by atoms with Crippen LogP contribution in [0.1, 0.15) is 52.4 Å². The molecule has 1 rings (SSSR count). The monoisotopic (exact) mass is 468 g/mol. The van der Waals surface area contributed by atoms with Crippen molar-refractivity contribution >= 4 is 23.9 Å². The van der Waals surface area contributed by atoms with Gasteiger partial charge >= 0.3 is 18.0 Å². The predicted molar refractivity (Wildman–Crippen MR) is 120 cm³/mol. The Labute approximate surface area is 194 Å². The van der Waals surface area contributed by atoms with Gasteiger partial charge in [0.05, 0.1) is 13.1 Å². The van der Waals surface area contributed by atoms with Crippen LogP contribution in [-0.4, -0.2) is 87.9 Å². The SMILES string of the molecule is C=CC(=O)OCC(O)CN1C(=O)N(CC(O)COC(=O)C=C)C(C)(CCCCCCC)C1=O. The van der Waals surface area contributed by atoms with Gasteiger partial charge in [0.25, 0.3) is 5.91 Å². The molecule has 1 heterocycles. The smallest absolute Gasteiger partial charge is 0.330 e. The molecule has 0 bridgehead atoms. The number of amides is 3. The van der Waals surface area contributed by atoms with Crippen LogP contribution < -0.4 is 0 Å². The van der Waals surface area contributed by atoms with Gasteiger partial charge in [-0.2, -0.15) is 0 Å². The number of aliphatic hydroxyl groups excluding tert-OH is 2. The molecule has 10 nitrogen and oxygen atoms in total. The third-order valence-electron chi connectivity index (χ3n) is 5.49. The zero-order valence-corrected chi connectivity index (χ0v) is 19.5. The summed E-state index contributed by atoms with van der Waals surface area (Å²) in [4.78, 5) is 51.0. The molecule has 186 valence electrons. The third-order valence-corrected chi connectivity index (χ3v) is 5.49. The topological polar surface area (TPSA) is 134 Å². The zero-order valence-electron chi connectivity index (χ0n) is 19.5. The molecule has 1 saturated heterocycles. The highest BCUT2D eigenvalue weighted by atomic mass is 16.5. The van der Waals surface area contributed by atoms with Crippen molar-refractivity contribution in [2.75, 3.05) is 26.3 Å². The van der Waals surface area contributed by atoms with E-state index in [0.29, 0.717) is 12.8 Å². The Morgan fingerprint density at radius 3 is 2.00 bits per heavy atom. The van der Waals surface area contributed by atoms with Crippen LogP contribution in [0, 0.1) is 0 Å². The highest BCUT2D eigenvalue weighted by Gasteiger charge is 2.54. The van der Waals surface area contributed by atoms with E-state index in [1.807, 2.05) is 0 Å². The number of hydrogen-bond acceptors (Lipinski definition) is 8. The first-order chi connectivity index (χ1) is 15.6. The molecule has 3 unspecified atom stereocenters. The van der Waals surface area contributed by atoms with Gasteiger partial charge in [-0.05, 0) is 13.3 Å². The molecule has 0 aromatic rings. The summed E-state index contributed by atoms with van der Waals surface area (Å²) in [5, 5.41) is 20.5. The highest BCUT2D eigenvalue weighted by Crippen LogP contribution is 2.33. The summed E-state index contributed by atoms with van der Waals surface area (Å²) in [6.45, 7) is 8.88. The van der Waals surface area contributed by atoms with Crippen molar-refractivity contribution in [1.82, 2.24) is 9.80 Å². The first-order valence-electron chi connectivity index (χ1n) is 11.2. The summed E-state index contributed by atoms with van der Waals surface area (Å²) < 4.78 is 9.61. The Morgan fingerprint density at radius 1 is 0.970 bits per heavy atom. The summed E-state index contributed by atoms with van der Waals surface area (Å²) in [6, 6.07) is -0.681. The van der Waals surface area contributed by atoms with Gasteiger partial charge in [0.2, 0.25) is 0 Å². The van der Waals surface area contributed by atoms with E-state index < -0.39 is 48.2 Å². The second-order valence-electron chi connectivity index (χ2n) is 8.22. The van der Waals surface area contributed by atoms with Crippen molar-refractivity contribution in [1.29, 1.82) is 0 Å². The van der Waals surface area contributed by atoms with Gasteiger partial charge in [-0.3, -0.25) is 9.69 Å². The Balaban J connectivity index is 2.94. The number of carbonyl (C=O) groups excluding carboxylic acids is 4. The van der Waals surface area contributed by atoms with Gasteiger partial charge in [-0.25, -0.2) is 14.4 Å². The lowest BCUT2D eigenvalue weighted by molar-refractivity contribution is -0.142. The zero-order chi connectivity index (χ0) is 25.0. The molecule has 0 aromatic heterocycles. The third kappa shape index (κ3) is 8.29. The van der Waals surface area contributed by atoms with Crippen LogP contribution in [0.3, 0.4) is 0 Å². The van der Waals surface area contributed by atoms with Crippen LogP contribution in [0.15, 0.2) is 25.3 Å². The second-order valence-corrected chi connectivity index (χ2v) is 8.22. The van der Waals surface area contributed by atoms with Gasteiger partial charge < -0.3 is 24.6 Å². The van der Waals surface area contributed by atoms with E-state index in [1.165, 1.54) is 4.90 Å². The van der Waals surface area contributed by atoms with Gasteiger partial charge in [-0.1, -0.05) is 52.2 Å². The molecule has 3 atom stereocenters. The number of ether oxygens (including phenoxy) is 2. The van der Waals surface area contributed by atoms with Crippen molar-refractivity contribution in [3.8, 4) is 0 Å². The molecule has 0 spiro atoms. The number of rotatable bonds is 16. The van der Waals surface area contributed by atoms with Crippen molar-refractivity contribution in [3.63, 3.8) is 0 Å². The average Bonchev–Trinajstić information content (AvgIpc) is 2.96. The van der Waals surface area contributed by atoms with Crippen LogP contribution in [0.2, 0.25) is 0 Å². The first kappa shape index (κ1) is 28.3. The maximum absolute atomic E-state index is 13.2. The number of nitrogens with zero attached hydrogens (tertiary/aromatic N) is 2. The van der Waals surface area contributed by atoms with Crippen molar-refractivity contribution < 1.29 is 38.9 Å². The first-order valence-corrected chi connectivity index (χ1v) is 11.2. The van der Waals surface area contributed by atoms with Crippen molar-refractivity contribution in [3.05, 3.63) is 25.3 Å².